The second-order valence-electron chi connectivity index (χ2n) is 23.4. The van der Waals surface area contributed by atoms with E-state index in [2.05, 4.69) is 5.32 Å². The lowest BCUT2D eigenvalue weighted by Crippen LogP contribution is -2.12. The summed E-state index contributed by atoms with van der Waals surface area (Å²) in [6.07, 6.45) is -1.23. The number of phenols is 1. The molecule has 4 aliphatic rings. The number of carbonyl (C=O) groups excluding carboxylic acids is 4. The Bertz CT molecular complexity index is 5010. The number of carbonyl (C=O) groups is 4. The highest BCUT2D eigenvalue weighted by Crippen LogP contribution is 2.40. The molecule has 1 aromatic heterocycles. The number of ketones is 3. The van der Waals surface area contributed by atoms with E-state index in [1.54, 1.807) is 72.8 Å². The number of halogens is 1. The average Bonchev–Trinajstić information content (AvgIpc) is 1.57. The molecule has 0 aliphatic carbocycles. The van der Waals surface area contributed by atoms with Crippen LogP contribution in [-0.2, 0) is 82.4 Å². The Morgan fingerprint density at radius 3 is 1.41 bits per heavy atom. The van der Waals surface area contributed by atoms with Crippen molar-refractivity contribution in [1.82, 2.24) is 4.98 Å². The Kier molecular flexibility index (Phi) is 21.2. The number of nitrogens with zero attached hydrogens (tertiary/aromatic N) is 1. The highest BCUT2D eigenvalue weighted by Gasteiger charge is 2.39. The lowest BCUT2D eigenvalue weighted by atomic mass is 9.96. The summed E-state index contributed by atoms with van der Waals surface area (Å²) in [4.78, 5) is 54.7. The lowest BCUT2D eigenvalue weighted by molar-refractivity contribution is -0.116. The maximum atomic E-state index is 13.4. The van der Waals surface area contributed by atoms with Crippen LogP contribution in [0.5, 0.6) is 5.75 Å². The van der Waals surface area contributed by atoms with E-state index in [9.17, 15) is 58.0 Å². The van der Waals surface area contributed by atoms with Crippen LogP contribution in [0.4, 0.5) is 5.69 Å². The van der Waals surface area contributed by atoms with Gasteiger partial charge in [0.25, 0.3) is 5.91 Å². The van der Waals surface area contributed by atoms with Crippen LogP contribution in [0.25, 0.3) is 22.2 Å². The van der Waals surface area contributed by atoms with Gasteiger partial charge in [-0.05, 0) is 91.2 Å². The summed E-state index contributed by atoms with van der Waals surface area (Å²) < 4.78 is 118. The van der Waals surface area contributed by atoms with Crippen LogP contribution < -0.4 is 5.32 Å². The molecular weight excluding hydrogens is 1330 g/mol. The number of aromatic nitrogens is 1. The molecule has 0 saturated carbocycles. The summed E-state index contributed by atoms with van der Waals surface area (Å²) in [6, 6.07) is 50.7. The molecule has 0 spiro atoms. The second-order valence-corrected chi connectivity index (χ2v) is 31.8. The molecule has 5 heterocycles. The monoisotopic (exact) mass is 1390 g/mol. The fraction of sp³-hybridized carbons (Fsp3) is 0.236. The highest BCUT2D eigenvalue weighted by atomic mass is 35.5. The van der Waals surface area contributed by atoms with E-state index in [0.29, 0.717) is 65.0 Å². The zero-order valence-electron chi connectivity index (χ0n) is 52.9. The maximum Gasteiger partial charge on any atom is 0.259 e. The number of nitrogens with one attached hydrogen (secondary N) is 1. The molecule has 4 atom stereocenters. The van der Waals surface area contributed by atoms with Crippen LogP contribution in [0.15, 0.2) is 196 Å². The number of methoxy groups -OCH3 is 4. The Hall–Kier alpha value is -8.62. The van der Waals surface area contributed by atoms with Crippen molar-refractivity contribution in [2.45, 2.75) is 77.1 Å². The van der Waals surface area contributed by atoms with Crippen LogP contribution in [0.3, 0.4) is 0 Å². The number of fused-ring (bicyclic) bond motifs is 5. The first kappa shape index (κ1) is 70.2. The smallest absolute Gasteiger partial charge is 0.259 e. The van der Waals surface area contributed by atoms with Crippen molar-refractivity contribution in [2.24, 2.45) is 0 Å². The zero-order chi connectivity index (χ0) is 69.0. The van der Waals surface area contributed by atoms with E-state index in [0.717, 1.165) is 33.3 Å². The van der Waals surface area contributed by atoms with Crippen molar-refractivity contribution >= 4 is 90.8 Å². The first-order chi connectivity index (χ1) is 45.6. The van der Waals surface area contributed by atoms with Crippen molar-refractivity contribution in [2.75, 3.05) is 56.8 Å². The Labute approximate surface area is 562 Å². The van der Waals surface area contributed by atoms with Crippen molar-refractivity contribution in [3.05, 3.63) is 242 Å². The van der Waals surface area contributed by atoms with Crippen LogP contribution in [-0.4, -0.2) is 118 Å². The van der Waals surface area contributed by atoms with E-state index in [4.69, 9.17) is 35.5 Å². The summed E-state index contributed by atoms with van der Waals surface area (Å²) in [5.41, 5.74) is 9.72. The van der Waals surface area contributed by atoms with E-state index < -0.39 is 63.6 Å². The minimum absolute atomic E-state index is 0.000577. The number of hydrogen-bond acceptors (Lipinski definition) is 18. The molecule has 4 aliphatic heterocycles. The van der Waals surface area contributed by atoms with Gasteiger partial charge in [-0.2, -0.15) is 0 Å². The Morgan fingerprint density at radius 2 is 0.927 bits per heavy atom. The molecule has 8 aromatic carbocycles. The number of phenolic OH excluding ortho intramolecular Hbond substituents is 1. The fourth-order valence-electron chi connectivity index (χ4n) is 11.8. The molecular formula is C72H67ClN2O17S4. The van der Waals surface area contributed by atoms with Crippen molar-refractivity contribution in [1.29, 1.82) is 0 Å². The van der Waals surface area contributed by atoms with Gasteiger partial charge in [0, 0.05) is 103 Å². The molecule has 1 amide bonds. The predicted octanol–water partition coefficient (Wildman–Crippen LogP) is 11.8. The van der Waals surface area contributed by atoms with E-state index in [-0.39, 0.29) is 86.8 Å². The first-order valence-corrected chi connectivity index (χ1v) is 37.0. The van der Waals surface area contributed by atoms with Crippen LogP contribution in [0, 0.1) is 6.92 Å². The van der Waals surface area contributed by atoms with Crippen molar-refractivity contribution < 1.29 is 76.9 Å². The largest absolute Gasteiger partial charge is 0.507 e. The lowest BCUT2D eigenvalue weighted by Gasteiger charge is -2.11. The number of anilines is 1. The molecule has 2 N–H and O–H groups in total. The SMILES string of the molecule is COC1CS(=O)(=O)c2cc(CC(=O)c3cc(-c4ccccc4)nc4ccccc34)ccc21.COC1CS(=O)(=O)c2cc(CC(=O)c3ccc(C)cc3)ccc21.COC1CS(=O)(=O)c2cc(CC(C)=O)ccc21.COC1CS(=O)(=O)c2cc(NC(=O)c3cc(Cl)ccc3O)ccc21. The van der Waals surface area contributed by atoms with Gasteiger partial charge in [0.2, 0.25) is 0 Å². The number of benzene rings is 8. The van der Waals surface area contributed by atoms with E-state index in [1.165, 1.54) is 59.6 Å². The number of pyridine rings is 1. The third-order valence-electron chi connectivity index (χ3n) is 16.7. The number of amides is 1. The molecule has 96 heavy (non-hydrogen) atoms. The average molecular weight is 1400 g/mol. The van der Waals surface area contributed by atoms with Crippen molar-refractivity contribution in [3.8, 4) is 17.0 Å². The minimum atomic E-state index is -3.45. The molecule has 4 unspecified atom stereocenters. The maximum absolute atomic E-state index is 13.4. The van der Waals surface area contributed by atoms with E-state index >= 15 is 0 Å². The van der Waals surface area contributed by atoms with Gasteiger partial charge < -0.3 is 29.4 Å². The van der Waals surface area contributed by atoms with Gasteiger partial charge >= 0.3 is 0 Å². The van der Waals surface area contributed by atoms with Crippen LogP contribution >= 0.6 is 11.6 Å². The molecule has 13 rings (SSSR count). The number of Topliss-reactive ketones (excluding diaryl/α,β-unsaturated/α-hetero) is 3. The number of aromatic hydroxyl groups is 1. The van der Waals surface area contributed by atoms with Gasteiger partial charge in [-0.3, -0.25) is 19.2 Å². The topological polar surface area (TPSA) is 287 Å². The third kappa shape index (κ3) is 15.6. The van der Waals surface area contributed by atoms with Gasteiger partial charge in [-0.15, -0.1) is 0 Å². The summed E-state index contributed by atoms with van der Waals surface area (Å²) in [7, 11) is -7.50. The predicted molar refractivity (Wildman–Crippen MR) is 363 cm³/mol. The zero-order valence-corrected chi connectivity index (χ0v) is 57.0. The number of rotatable bonds is 15. The molecule has 9 aromatic rings. The Balaban J connectivity index is 0.000000143. The molecule has 0 saturated heterocycles. The third-order valence-corrected chi connectivity index (χ3v) is 24.0. The van der Waals surface area contributed by atoms with Crippen LogP contribution in [0.2, 0.25) is 5.02 Å². The van der Waals surface area contributed by atoms with Gasteiger partial charge in [0.15, 0.2) is 50.9 Å². The van der Waals surface area contributed by atoms with Crippen LogP contribution in [0.1, 0.15) is 107 Å². The van der Waals surface area contributed by atoms with Gasteiger partial charge in [0.05, 0.1) is 83.8 Å². The standard InChI is InChI=1S/C26H21NO4S.C18H18O4S.C16H14ClNO5S.C12H14O4S/c1-31-25-16-32(29,30)26-14-17(11-12-20(25)26)13-24(28)21-15-23(18-7-3-2-4-8-18)27-22-10-6-5-9-19(21)22;1-12-3-6-14(7-4-12)16(19)9-13-5-8-15-17(22-2)11-23(20,21)18(15)10-13;1-23-14-8-24(21,22)15-7-10(3-4-11(14)15)18-16(20)12-6-9(17)2-5-13(12)19;1-8(13)5-9-3-4-10-11(16-2)7-17(14,15)12(10)6-9/h2-12,14-15,25H,13,16H2,1H3;3-8,10,17H,9,11H2,1-2H3;2-7,14,19H,8H2,1H3,(H,18,20);3-4,6,11H,5,7H2,1-2H3. The summed E-state index contributed by atoms with van der Waals surface area (Å²) in [6.45, 7) is 3.45. The first-order valence-electron chi connectivity index (χ1n) is 30.0. The number of sulfone groups is 4. The molecule has 498 valence electrons. The summed E-state index contributed by atoms with van der Waals surface area (Å²) in [5.74, 6) is -1.13. The van der Waals surface area contributed by atoms with Gasteiger partial charge in [-0.25, -0.2) is 38.7 Å². The molecule has 0 fully saturated rings. The summed E-state index contributed by atoms with van der Waals surface area (Å²) >= 11 is 5.83. The van der Waals surface area contributed by atoms with Crippen molar-refractivity contribution in [3.63, 3.8) is 0 Å². The number of ether oxygens (including phenoxy) is 4. The molecule has 19 nitrogen and oxygen atoms in total. The summed E-state index contributed by atoms with van der Waals surface area (Å²) in [5, 5.41) is 13.4. The highest BCUT2D eigenvalue weighted by molar-refractivity contribution is 7.92. The molecule has 24 heteroatoms. The fourth-order valence-corrected chi connectivity index (χ4v) is 19.0. The van der Waals surface area contributed by atoms with Gasteiger partial charge in [0.1, 0.15) is 11.5 Å². The normalized spacial score (nSPS) is 18.3. The van der Waals surface area contributed by atoms with Gasteiger partial charge in [-0.1, -0.05) is 132 Å². The molecule has 0 radical (unpaired) electrons. The second kappa shape index (κ2) is 29.0. The molecule has 0 bridgehead atoms. The number of aryl methyl sites for hydroxylation is 1. The minimum Gasteiger partial charge on any atom is -0.507 e. The number of hydrogen-bond donors (Lipinski definition) is 2. The quantitative estimate of drug-likeness (QED) is 0.0902. The van der Waals surface area contributed by atoms with E-state index in [1.807, 2.05) is 85.8 Å². The number of para-hydroxylation sites is 1. The Morgan fingerprint density at radius 1 is 0.490 bits per heavy atom.